The van der Waals surface area contributed by atoms with Gasteiger partial charge in [0.2, 0.25) is 0 Å². The zero-order chi connectivity index (χ0) is 13.9. The van der Waals surface area contributed by atoms with E-state index < -0.39 is 0 Å². The van der Waals surface area contributed by atoms with E-state index in [9.17, 15) is 0 Å². The van der Waals surface area contributed by atoms with Gasteiger partial charge >= 0.3 is 0 Å². The topological polar surface area (TPSA) is 50.7 Å². The maximum absolute atomic E-state index is 4.49. The van der Waals surface area contributed by atoms with Gasteiger partial charge in [-0.1, -0.05) is 42.5 Å². The van der Waals surface area contributed by atoms with Gasteiger partial charge in [0, 0.05) is 11.6 Å². The van der Waals surface area contributed by atoms with Crippen molar-refractivity contribution >= 4 is 22.1 Å². The number of pyridine rings is 1. The lowest BCUT2D eigenvalue weighted by Crippen LogP contribution is -2.14. The molecule has 102 valence electrons. The predicted molar refractivity (Wildman–Crippen MR) is 82.7 cm³/mol. The maximum atomic E-state index is 4.49. The van der Waals surface area contributed by atoms with Gasteiger partial charge in [-0.15, -0.1) is 10.2 Å². The molecule has 3 rings (SSSR count). The van der Waals surface area contributed by atoms with Gasteiger partial charge in [-0.2, -0.15) is 0 Å². The maximum Gasteiger partial charge on any atom is 0.166 e. The Labute approximate surface area is 121 Å². The number of hydrogen-bond donors (Lipinski definition) is 1. The smallest absolute Gasteiger partial charge is 0.166 e. The molecular formula is C15H16N4S. The zero-order valence-electron chi connectivity index (χ0n) is 11.5. The Kier molecular flexibility index (Phi) is 3.71. The third kappa shape index (κ3) is 2.30. The molecule has 0 saturated heterocycles. The molecule has 1 atom stereocenters. The predicted octanol–water partition coefficient (Wildman–Crippen LogP) is 3.42. The SMILES string of the molecule is CCC(NC)c1nnc(-c2nccc3ccccc23)s1. The standard InChI is InChI=1S/C15H16N4S/c1-3-12(16-2)14-18-19-15(20-14)13-11-7-5-4-6-10(11)8-9-17-13/h4-9,12,16H,3H2,1-2H3. The normalized spacial score (nSPS) is 12.7. The molecule has 2 aromatic heterocycles. The number of fused-ring (bicyclic) bond motifs is 1. The fourth-order valence-corrected chi connectivity index (χ4v) is 3.31. The highest BCUT2D eigenvalue weighted by Crippen LogP contribution is 2.31. The lowest BCUT2D eigenvalue weighted by atomic mass is 10.1. The Bertz CT molecular complexity index is 713. The fraction of sp³-hybridized carbons (Fsp3) is 0.267. The molecule has 0 bridgehead atoms. The molecule has 0 aliphatic carbocycles. The molecule has 4 nitrogen and oxygen atoms in total. The number of nitrogens with one attached hydrogen (secondary N) is 1. The summed E-state index contributed by atoms with van der Waals surface area (Å²) in [6.07, 6.45) is 2.82. The summed E-state index contributed by atoms with van der Waals surface area (Å²) in [5, 5.41) is 16.1. The van der Waals surface area contributed by atoms with Crippen molar-refractivity contribution in [3.63, 3.8) is 0 Å². The molecule has 0 spiro atoms. The summed E-state index contributed by atoms with van der Waals surface area (Å²) in [5.41, 5.74) is 0.915. The quantitative estimate of drug-likeness (QED) is 0.797. The van der Waals surface area contributed by atoms with E-state index in [1.54, 1.807) is 11.3 Å². The Balaban J connectivity index is 2.08. The highest BCUT2D eigenvalue weighted by atomic mass is 32.1. The van der Waals surface area contributed by atoms with Crippen LogP contribution in [-0.2, 0) is 0 Å². The van der Waals surface area contributed by atoms with Gasteiger partial charge in [0.25, 0.3) is 0 Å². The number of nitrogens with zero attached hydrogens (tertiary/aromatic N) is 3. The lowest BCUT2D eigenvalue weighted by Gasteiger charge is -2.08. The molecular weight excluding hydrogens is 268 g/mol. The van der Waals surface area contributed by atoms with Crippen LogP contribution in [0.4, 0.5) is 0 Å². The lowest BCUT2D eigenvalue weighted by molar-refractivity contribution is 0.568. The minimum Gasteiger partial charge on any atom is -0.311 e. The minimum atomic E-state index is 0.260. The van der Waals surface area contributed by atoms with Gasteiger partial charge in [0.15, 0.2) is 5.01 Å². The molecule has 20 heavy (non-hydrogen) atoms. The van der Waals surface area contributed by atoms with Crippen LogP contribution in [0.1, 0.15) is 24.4 Å². The van der Waals surface area contributed by atoms with Crippen molar-refractivity contribution in [3.8, 4) is 10.7 Å². The molecule has 2 heterocycles. The van der Waals surface area contributed by atoms with Crippen LogP contribution in [0.2, 0.25) is 0 Å². The summed E-state index contributed by atoms with van der Waals surface area (Å²) in [5.74, 6) is 0. The van der Waals surface area contributed by atoms with E-state index in [0.717, 1.165) is 27.5 Å². The number of rotatable bonds is 4. The first-order chi connectivity index (χ1) is 9.83. The Morgan fingerprint density at radius 3 is 2.85 bits per heavy atom. The van der Waals surface area contributed by atoms with Crippen molar-refractivity contribution in [2.45, 2.75) is 19.4 Å². The van der Waals surface area contributed by atoms with Crippen molar-refractivity contribution < 1.29 is 0 Å². The molecule has 0 saturated carbocycles. The molecule has 5 heteroatoms. The second kappa shape index (κ2) is 5.64. The summed E-state index contributed by atoms with van der Waals surface area (Å²) >= 11 is 1.61. The van der Waals surface area contributed by atoms with Crippen LogP contribution in [0.25, 0.3) is 21.5 Å². The molecule has 0 aliphatic heterocycles. The molecule has 1 N–H and O–H groups in total. The van der Waals surface area contributed by atoms with Gasteiger partial charge in [0.05, 0.1) is 6.04 Å². The van der Waals surface area contributed by atoms with E-state index in [0.29, 0.717) is 0 Å². The van der Waals surface area contributed by atoms with Crippen LogP contribution < -0.4 is 5.32 Å². The van der Waals surface area contributed by atoms with Crippen molar-refractivity contribution in [1.29, 1.82) is 0 Å². The third-order valence-corrected chi connectivity index (χ3v) is 4.42. The zero-order valence-corrected chi connectivity index (χ0v) is 12.3. The fourth-order valence-electron chi connectivity index (χ4n) is 2.26. The van der Waals surface area contributed by atoms with E-state index in [1.807, 2.05) is 31.4 Å². The average molecular weight is 284 g/mol. The number of hydrogen-bond acceptors (Lipinski definition) is 5. The first-order valence-corrected chi connectivity index (χ1v) is 7.50. The van der Waals surface area contributed by atoms with Gasteiger partial charge < -0.3 is 5.32 Å². The van der Waals surface area contributed by atoms with Crippen molar-refractivity contribution in [1.82, 2.24) is 20.5 Å². The van der Waals surface area contributed by atoms with Gasteiger partial charge in [0.1, 0.15) is 10.7 Å². The van der Waals surface area contributed by atoms with Crippen molar-refractivity contribution in [2.75, 3.05) is 7.05 Å². The summed E-state index contributed by atoms with van der Waals surface area (Å²) in [7, 11) is 1.95. The Hall–Kier alpha value is -1.85. The number of benzene rings is 1. The highest BCUT2D eigenvalue weighted by Gasteiger charge is 2.15. The number of aromatic nitrogens is 3. The van der Waals surface area contributed by atoms with E-state index in [1.165, 1.54) is 5.39 Å². The summed E-state index contributed by atoms with van der Waals surface area (Å²) < 4.78 is 0. The van der Waals surface area contributed by atoms with Gasteiger partial charge in [-0.3, -0.25) is 4.98 Å². The summed E-state index contributed by atoms with van der Waals surface area (Å²) in [6, 6.07) is 10.5. The molecule has 1 unspecified atom stereocenters. The molecule has 0 amide bonds. The van der Waals surface area contributed by atoms with Gasteiger partial charge in [-0.05, 0) is 24.9 Å². The first-order valence-electron chi connectivity index (χ1n) is 6.68. The third-order valence-electron chi connectivity index (χ3n) is 3.37. The van der Waals surface area contributed by atoms with Crippen molar-refractivity contribution in [2.24, 2.45) is 0 Å². The molecule has 0 radical (unpaired) electrons. The highest BCUT2D eigenvalue weighted by molar-refractivity contribution is 7.14. The van der Waals surface area contributed by atoms with Crippen molar-refractivity contribution in [3.05, 3.63) is 41.5 Å². The Morgan fingerprint density at radius 2 is 2.05 bits per heavy atom. The van der Waals surface area contributed by atoms with E-state index in [2.05, 4.69) is 39.6 Å². The molecule has 1 aromatic carbocycles. The van der Waals surface area contributed by atoms with Crippen LogP contribution >= 0.6 is 11.3 Å². The Morgan fingerprint density at radius 1 is 1.20 bits per heavy atom. The molecule has 0 aliphatic rings. The van der Waals surface area contributed by atoms with E-state index >= 15 is 0 Å². The average Bonchev–Trinajstić information content (AvgIpc) is 2.97. The van der Waals surface area contributed by atoms with Crippen LogP contribution in [-0.4, -0.2) is 22.2 Å². The van der Waals surface area contributed by atoms with E-state index in [4.69, 9.17) is 0 Å². The molecule has 0 fully saturated rings. The van der Waals surface area contributed by atoms with Crippen LogP contribution in [0, 0.1) is 0 Å². The van der Waals surface area contributed by atoms with Crippen LogP contribution in [0.5, 0.6) is 0 Å². The monoisotopic (exact) mass is 284 g/mol. The van der Waals surface area contributed by atoms with Gasteiger partial charge in [-0.25, -0.2) is 0 Å². The molecule has 3 aromatic rings. The minimum absolute atomic E-state index is 0.260. The van der Waals surface area contributed by atoms with Crippen LogP contribution in [0.15, 0.2) is 36.5 Å². The largest absolute Gasteiger partial charge is 0.311 e. The first kappa shape index (κ1) is 13.1. The summed E-state index contributed by atoms with van der Waals surface area (Å²) in [4.78, 5) is 4.49. The second-order valence-electron chi connectivity index (χ2n) is 4.58. The summed E-state index contributed by atoms with van der Waals surface area (Å²) in [6.45, 7) is 2.14. The second-order valence-corrected chi connectivity index (χ2v) is 5.58. The van der Waals surface area contributed by atoms with E-state index in [-0.39, 0.29) is 6.04 Å². The van der Waals surface area contributed by atoms with Crippen LogP contribution in [0.3, 0.4) is 0 Å².